The number of nitrogens with two attached hydrogens (primary N) is 1. The second-order valence-electron chi connectivity index (χ2n) is 4.04. The molecule has 0 aliphatic rings. The summed E-state index contributed by atoms with van der Waals surface area (Å²) >= 11 is 3.38. The maximum atomic E-state index is 9.72. The van der Waals surface area contributed by atoms with Gasteiger partial charge in [-0.3, -0.25) is 5.41 Å². The fraction of sp³-hybridized carbons (Fsp3) is 0.417. The van der Waals surface area contributed by atoms with Crippen LogP contribution in [0.15, 0.2) is 22.7 Å². The van der Waals surface area contributed by atoms with E-state index in [1.165, 1.54) is 0 Å². The predicted molar refractivity (Wildman–Crippen MR) is 76.3 cm³/mol. The normalized spacial score (nSPS) is 12.2. The first kappa shape index (κ1) is 14.9. The molecule has 1 atom stereocenters. The van der Waals surface area contributed by atoms with Gasteiger partial charge < -0.3 is 20.5 Å². The summed E-state index contributed by atoms with van der Waals surface area (Å²) in [4.78, 5) is 1.85. The first-order chi connectivity index (χ1) is 8.47. The molecule has 100 valence electrons. The molecule has 18 heavy (non-hydrogen) atoms. The van der Waals surface area contributed by atoms with Gasteiger partial charge in [-0.1, -0.05) is 6.07 Å². The molecule has 0 bridgehead atoms. The quantitative estimate of drug-likeness (QED) is 0.544. The summed E-state index contributed by atoms with van der Waals surface area (Å²) in [6.07, 6.45) is -0.584. The predicted octanol–water partition coefficient (Wildman–Crippen LogP) is 1.18. The van der Waals surface area contributed by atoms with Gasteiger partial charge in [0, 0.05) is 30.9 Å². The molecule has 4 N–H and O–H groups in total. The third kappa shape index (κ3) is 3.69. The molecular formula is C12H18BrN3O2. The number of hydrogen-bond donors (Lipinski definition) is 3. The van der Waals surface area contributed by atoms with E-state index in [2.05, 4.69) is 15.9 Å². The number of aliphatic hydroxyl groups excluding tert-OH is 1. The molecule has 0 radical (unpaired) electrons. The number of nitrogen functional groups attached to an aromatic ring is 1. The number of rotatable bonds is 6. The summed E-state index contributed by atoms with van der Waals surface area (Å²) in [5.41, 5.74) is 7.01. The number of likely N-dealkylation sites (N-methyl/N-ethyl adjacent to an activating group) is 1. The molecule has 0 heterocycles. The first-order valence-electron chi connectivity index (χ1n) is 5.48. The second-order valence-corrected chi connectivity index (χ2v) is 4.89. The van der Waals surface area contributed by atoms with Gasteiger partial charge in [0.05, 0.1) is 18.3 Å². The van der Waals surface area contributed by atoms with Crippen LogP contribution < -0.4 is 10.6 Å². The zero-order chi connectivity index (χ0) is 13.7. The summed E-state index contributed by atoms with van der Waals surface area (Å²) in [6, 6.07) is 5.56. The van der Waals surface area contributed by atoms with E-state index in [1.807, 2.05) is 30.1 Å². The van der Waals surface area contributed by atoms with Crippen LogP contribution in [0.5, 0.6) is 0 Å². The molecule has 0 fully saturated rings. The van der Waals surface area contributed by atoms with Gasteiger partial charge in [0.25, 0.3) is 0 Å². The molecule has 0 saturated heterocycles. The Hall–Kier alpha value is -1.11. The van der Waals surface area contributed by atoms with Crippen molar-refractivity contribution in [2.45, 2.75) is 6.10 Å². The minimum atomic E-state index is -0.584. The van der Waals surface area contributed by atoms with Crippen molar-refractivity contribution in [2.24, 2.45) is 5.73 Å². The monoisotopic (exact) mass is 315 g/mol. The number of ether oxygens (including phenoxy) is 1. The van der Waals surface area contributed by atoms with E-state index in [0.29, 0.717) is 12.1 Å². The van der Waals surface area contributed by atoms with Gasteiger partial charge in [-0.05, 0) is 28.1 Å². The molecule has 5 nitrogen and oxygen atoms in total. The molecule has 1 unspecified atom stereocenters. The van der Waals surface area contributed by atoms with Crippen molar-refractivity contribution in [2.75, 3.05) is 32.2 Å². The van der Waals surface area contributed by atoms with Crippen LogP contribution >= 0.6 is 15.9 Å². The fourth-order valence-corrected chi connectivity index (χ4v) is 2.33. The molecule has 0 spiro atoms. The highest BCUT2D eigenvalue weighted by Crippen LogP contribution is 2.26. The van der Waals surface area contributed by atoms with E-state index < -0.39 is 6.10 Å². The number of hydrogen-bond acceptors (Lipinski definition) is 4. The van der Waals surface area contributed by atoms with Gasteiger partial charge >= 0.3 is 0 Å². The fourth-order valence-electron chi connectivity index (χ4n) is 1.76. The zero-order valence-electron chi connectivity index (χ0n) is 10.5. The Morgan fingerprint density at radius 2 is 2.28 bits per heavy atom. The largest absolute Gasteiger partial charge is 0.389 e. The topological polar surface area (TPSA) is 82.6 Å². The summed E-state index contributed by atoms with van der Waals surface area (Å²) in [7, 11) is 3.39. The van der Waals surface area contributed by atoms with Crippen molar-refractivity contribution in [3.05, 3.63) is 28.2 Å². The van der Waals surface area contributed by atoms with Gasteiger partial charge in [-0.15, -0.1) is 0 Å². The molecular weight excluding hydrogens is 298 g/mol. The van der Waals surface area contributed by atoms with E-state index >= 15 is 0 Å². The summed E-state index contributed by atoms with van der Waals surface area (Å²) in [5.74, 6) is -0.00874. The Bertz CT molecular complexity index is 426. The van der Waals surface area contributed by atoms with Crippen molar-refractivity contribution >= 4 is 27.5 Å². The van der Waals surface area contributed by atoms with Crippen molar-refractivity contribution in [1.29, 1.82) is 5.41 Å². The highest BCUT2D eigenvalue weighted by atomic mass is 79.9. The van der Waals surface area contributed by atoms with Crippen molar-refractivity contribution < 1.29 is 9.84 Å². The lowest BCUT2D eigenvalue weighted by Crippen LogP contribution is -2.33. The standard InChI is InChI=1S/C12H18BrN3O2/c1-16(6-8(17)7-18-2)10-5-3-4-9(13)11(10)12(14)15/h3-5,8,17H,6-7H2,1-2H3,(H3,14,15). The Morgan fingerprint density at radius 1 is 1.61 bits per heavy atom. The molecule has 0 aliphatic heterocycles. The Morgan fingerprint density at radius 3 is 2.83 bits per heavy atom. The lowest BCUT2D eigenvalue weighted by atomic mass is 10.1. The maximum Gasteiger partial charge on any atom is 0.126 e. The van der Waals surface area contributed by atoms with Crippen LogP contribution in [0.3, 0.4) is 0 Å². The second kappa shape index (κ2) is 6.72. The first-order valence-corrected chi connectivity index (χ1v) is 6.27. The average Bonchev–Trinajstić information content (AvgIpc) is 2.28. The molecule has 0 saturated carbocycles. The molecule has 1 rings (SSSR count). The van der Waals surface area contributed by atoms with Crippen molar-refractivity contribution in [3.8, 4) is 0 Å². The molecule has 0 aromatic heterocycles. The van der Waals surface area contributed by atoms with Crippen LogP contribution in [0.1, 0.15) is 5.56 Å². The van der Waals surface area contributed by atoms with E-state index in [-0.39, 0.29) is 12.4 Å². The molecule has 0 aliphatic carbocycles. The highest BCUT2D eigenvalue weighted by molar-refractivity contribution is 9.10. The van der Waals surface area contributed by atoms with Crippen LogP contribution in [0.25, 0.3) is 0 Å². The minimum absolute atomic E-state index is 0.00874. The van der Waals surface area contributed by atoms with Crippen LogP contribution in [0.2, 0.25) is 0 Å². The van der Waals surface area contributed by atoms with E-state index in [4.69, 9.17) is 15.9 Å². The number of nitrogens with one attached hydrogen (secondary N) is 1. The van der Waals surface area contributed by atoms with Crippen molar-refractivity contribution in [1.82, 2.24) is 0 Å². The Kier molecular flexibility index (Phi) is 5.58. The van der Waals surface area contributed by atoms with Gasteiger partial charge in [0.2, 0.25) is 0 Å². The number of methoxy groups -OCH3 is 1. The van der Waals surface area contributed by atoms with Gasteiger partial charge in [0.15, 0.2) is 0 Å². The number of aliphatic hydroxyl groups is 1. The Labute approximate surface area is 115 Å². The summed E-state index contributed by atoms with van der Waals surface area (Å²) in [5, 5.41) is 17.3. The SMILES string of the molecule is COCC(O)CN(C)c1cccc(Br)c1C(=N)N. The maximum absolute atomic E-state index is 9.72. The molecule has 6 heteroatoms. The van der Waals surface area contributed by atoms with E-state index in [9.17, 15) is 5.11 Å². The van der Waals surface area contributed by atoms with E-state index in [0.717, 1.165) is 10.2 Å². The number of amidine groups is 1. The lowest BCUT2D eigenvalue weighted by molar-refractivity contribution is 0.0695. The third-order valence-corrected chi connectivity index (χ3v) is 3.18. The highest BCUT2D eigenvalue weighted by Gasteiger charge is 2.15. The van der Waals surface area contributed by atoms with Crippen LogP contribution in [-0.4, -0.2) is 44.4 Å². The molecule has 1 aromatic carbocycles. The van der Waals surface area contributed by atoms with Gasteiger partial charge in [-0.25, -0.2) is 0 Å². The molecule has 0 amide bonds. The number of benzene rings is 1. The van der Waals surface area contributed by atoms with Crippen molar-refractivity contribution in [3.63, 3.8) is 0 Å². The summed E-state index contributed by atoms with van der Waals surface area (Å²) < 4.78 is 5.65. The Balaban J connectivity index is 2.95. The van der Waals surface area contributed by atoms with Gasteiger partial charge in [0.1, 0.15) is 5.84 Å². The number of halogens is 1. The lowest BCUT2D eigenvalue weighted by Gasteiger charge is -2.25. The van der Waals surface area contributed by atoms with Crippen LogP contribution in [0, 0.1) is 5.41 Å². The molecule has 1 aromatic rings. The van der Waals surface area contributed by atoms with Crippen LogP contribution in [0.4, 0.5) is 5.69 Å². The number of anilines is 1. The van der Waals surface area contributed by atoms with Crippen LogP contribution in [-0.2, 0) is 4.74 Å². The van der Waals surface area contributed by atoms with E-state index in [1.54, 1.807) is 7.11 Å². The minimum Gasteiger partial charge on any atom is -0.389 e. The van der Waals surface area contributed by atoms with Gasteiger partial charge in [-0.2, -0.15) is 0 Å². The zero-order valence-corrected chi connectivity index (χ0v) is 12.1. The third-order valence-electron chi connectivity index (χ3n) is 2.52. The summed E-state index contributed by atoms with van der Waals surface area (Å²) in [6.45, 7) is 0.679. The smallest absolute Gasteiger partial charge is 0.126 e. The average molecular weight is 316 g/mol. The number of nitrogens with zero attached hydrogens (tertiary/aromatic N) is 1.